The Balaban J connectivity index is 1.41. The summed E-state index contributed by atoms with van der Waals surface area (Å²) in [6.45, 7) is 0.814. The van der Waals surface area contributed by atoms with E-state index >= 15 is 0 Å². The van der Waals surface area contributed by atoms with E-state index in [0.29, 0.717) is 31.0 Å². The highest BCUT2D eigenvalue weighted by Crippen LogP contribution is 2.35. The van der Waals surface area contributed by atoms with E-state index in [4.69, 9.17) is 17.0 Å². The number of alkyl halides is 6. The van der Waals surface area contributed by atoms with E-state index in [2.05, 4.69) is 25.3 Å². The second kappa shape index (κ2) is 11.3. The minimum atomic E-state index is -4.87. The van der Waals surface area contributed by atoms with Gasteiger partial charge in [0.2, 0.25) is 0 Å². The molecule has 3 heterocycles. The van der Waals surface area contributed by atoms with Crippen molar-refractivity contribution in [3.05, 3.63) is 66.6 Å². The number of nitrogens with zero attached hydrogens (tertiary/aromatic N) is 3. The van der Waals surface area contributed by atoms with Crippen molar-refractivity contribution in [2.75, 3.05) is 23.3 Å². The third kappa shape index (κ3) is 7.84. The molecule has 1 aliphatic heterocycles. The van der Waals surface area contributed by atoms with Crippen molar-refractivity contribution in [2.24, 2.45) is 0 Å². The summed E-state index contributed by atoms with van der Waals surface area (Å²) in [4.78, 5) is 9.49. The molecule has 7 nitrogen and oxygen atoms in total. The third-order valence-corrected chi connectivity index (χ3v) is 5.66. The molecule has 1 saturated heterocycles. The Morgan fingerprint density at radius 2 is 1.63 bits per heavy atom. The van der Waals surface area contributed by atoms with Crippen LogP contribution in [0.1, 0.15) is 18.5 Å². The molecule has 0 aliphatic carbocycles. The summed E-state index contributed by atoms with van der Waals surface area (Å²) in [5.41, 5.74) is -0.422. The number of nitrogens with one attached hydrogen (secondary N) is 2. The molecule has 0 amide bonds. The van der Waals surface area contributed by atoms with Crippen molar-refractivity contribution < 1.29 is 35.8 Å². The molecule has 0 spiro atoms. The zero-order valence-electron chi connectivity index (χ0n) is 19.5. The molecule has 202 valence electrons. The summed E-state index contributed by atoms with van der Waals surface area (Å²) in [6.07, 6.45) is -5.16. The SMILES string of the molecule is FC(F)(F)Oc1ccc(Oc2cc(N3CCC(NC(=S)Nc4cccnc4)CC3)nc(C(F)(F)F)c2)cc1. The van der Waals surface area contributed by atoms with E-state index in [-0.39, 0.29) is 23.4 Å². The van der Waals surface area contributed by atoms with Gasteiger partial charge in [0.15, 0.2) is 10.8 Å². The third-order valence-electron chi connectivity index (χ3n) is 5.44. The van der Waals surface area contributed by atoms with Crippen LogP contribution in [0.25, 0.3) is 0 Å². The maximum Gasteiger partial charge on any atom is 0.573 e. The number of rotatable bonds is 6. The number of hydrogen-bond donors (Lipinski definition) is 2. The fraction of sp³-hybridized carbons (Fsp3) is 0.292. The van der Waals surface area contributed by atoms with E-state index in [1.54, 1.807) is 23.4 Å². The van der Waals surface area contributed by atoms with Gasteiger partial charge in [-0.25, -0.2) is 4.98 Å². The number of benzene rings is 1. The first-order valence-electron chi connectivity index (χ1n) is 11.3. The van der Waals surface area contributed by atoms with Crippen LogP contribution >= 0.6 is 12.2 Å². The number of pyridine rings is 2. The Morgan fingerprint density at radius 3 is 2.24 bits per heavy atom. The number of thiocarbonyl (C=S) groups is 1. The average molecular weight is 558 g/mol. The Morgan fingerprint density at radius 1 is 0.947 bits per heavy atom. The highest BCUT2D eigenvalue weighted by Gasteiger charge is 2.35. The van der Waals surface area contributed by atoms with Crippen molar-refractivity contribution in [3.8, 4) is 17.2 Å². The summed E-state index contributed by atoms with van der Waals surface area (Å²) in [6, 6.07) is 10.00. The molecule has 1 aliphatic rings. The molecule has 1 fully saturated rings. The summed E-state index contributed by atoms with van der Waals surface area (Å²) in [5.74, 6) is -0.541. The Kier molecular flexibility index (Phi) is 8.09. The lowest BCUT2D eigenvalue weighted by Gasteiger charge is -2.34. The van der Waals surface area contributed by atoms with Gasteiger partial charge in [-0.3, -0.25) is 4.98 Å². The zero-order chi connectivity index (χ0) is 27.3. The zero-order valence-corrected chi connectivity index (χ0v) is 20.3. The largest absolute Gasteiger partial charge is 0.573 e. The van der Waals surface area contributed by atoms with Crippen LogP contribution in [0.2, 0.25) is 0 Å². The molecule has 3 aromatic rings. The van der Waals surface area contributed by atoms with Crippen LogP contribution in [-0.2, 0) is 6.18 Å². The van der Waals surface area contributed by atoms with Gasteiger partial charge in [0.1, 0.15) is 23.1 Å². The van der Waals surface area contributed by atoms with Crippen molar-refractivity contribution in [3.63, 3.8) is 0 Å². The smallest absolute Gasteiger partial charge is 0.457 e. The van der Waals surface area contributed by atoms with Gasteiger partial charge in [0.05, 0.1) is 11.9 Å². The Labute approximate surface area is 218 Å². The molecule has 0 radical (unpaired) electrons. The van der Waals surface area contributed by atoms with Gasteiger partial charge in [-0.05, 0) is 61.5 Å². The predicted octanol–water partition coefficient (Wildman–Crippen LogP) is 6.14. The monoisotopic (exact) mass is 557 g/mol. The molecular formula is C24H21F6N5O2S. The van der Waals surface area contributed by atoms with Crippen LogP contribution in [0, 0.1) is 0 Å². The quantitative estimate of drug-likeness (QED) is 0.277. The first-order valence-corrected chi connectivity index (χ1v) is 11.7. The van der Waals surface area contributed by atoms with E-state index in [0.717, 1.165) is 36.0 Å². The van der Waals surface area contributed by atoms with E-state index < -0.39 is 24.0 Å². The molecule has 38 heavy (non-hydrogen) atoms. The number of piperidine rings is 1. The summed E-state index contributed by atoms with van der Waals surface area (Å²) in [7, 11) is 0. The molecule has 0 bridgehead atoms. The van der Waals surface area contributed by atoms with Crippen LogP contribution in [0.5, 0.6) is 17.2 Å². The van der Waals surface area contributed by atoms with Gasteiger partial charge in [0.25, 0.3) is 0 Å². The van der Waals surface area contributed by atoms with Crippen LogP contribution in [-0.4, -0.2) is 40.6 Å². The van der Waals surface area contributed by atoms with Gasteiger partial charge < -0.3 is 25.0 Å². The van der Waals surface area contributed by atoms with Gasteiger partial charge >= 0.3 is 12.5 Å². The van der Waals surface area contributed by atoms with Crippen molar-refractivity contribution >= 4 is 28.8 Å². The molecule has 0 unspecified atom stereocenters. The van der Waals surface area contributed by atoms with Crippen LogP contribution < -0.4 is 25.0 Å². The lowest BCUT2D eigenvalue weighted by atomic mass is 10.1. The molecule has 2 N–H and O–H groups in total. The highest BCUT2D eigenvalue weighted by molar-refractivity contribution is 7.80. The second-order valence-corrected chi connectivity index (χ2v) is 8.68. The Bertz CT molecular complexity index is 1230. The van der Waals surface area contributed by atoms with E-state index in [1.807, 2.05) is 6.07 Å². The maximum atomic E-state index is 13.6. The summed E-state index contributed by atoms with van der Waals surface area (Å²) in [5, 5.41) is 6.64. The van der Waals surface area contributed by atoms with Gasteiger partial charge in [-0.1, -0.05) is 0 Å². The van der Waals surface area contributed by atoms with Crippen molar-refractivity contribution in [1.82, 2.24) is 15.3 Å². The minimum absolute atomic E-state index is 0.00173. The average Bonchev–Trinajstić information content (AvgIpc) is 2.85. The minimum Gasteiger partial charge on any atom is -0.457 e. The molecule has 2 aromatic heterocycles. The fourth-order valence-corrected chi connectivity index (χ4v) is 4.03. The molecule has 1 aromatic carbocycles. The number of anilines is 2. The van der Waals surface area contributed by atoms with E-state index in [1.165, 1.54) is 6.07 Å². The molecular weight excluding hydrogens is 536 g/mol. The predicted molar refractivity (Wildman–Crippen MR) is 131 cm³/mol. The topological polar surface area (TPSA) is 71.5 Å². The van der Waals surface area contributed by atoms with Crippen LogP contribution in [0.15, 0.2) is 60.9 Å². The first kappa shape index (κ1) is 27.2. The van der Waals surface area contributed by atoms with Crippen LogP contribution in [0.3, 0.4) is 0 Å². The molecule has 0 atom stereocenters. The molecule has 4 rings (SSSR count). The standard InChI is InChI=1S/C24H21F6N5O2S/c25-23(26,27)20-12-19(36-17-3-5-18(6-4-17)37-24(28,29)30)13-21(34-20)35-10-7-15(8-11-35)32-22(38)33-16-2-1-9-31-14-16/h1-6,9,12-15H,7-8,10-11H2,(H2,32,33,38). The second-order valence-electron chi connectivity index (χ2n) is 8.27. The lowest BCUT2D eigenvalue weighted by molar-refractivity contribution is -0.274. The number of halogens is 6. The number of aromatic nitrogens is 2. The summed E-state index contributed by atoms with van der Waals surface area (Å²) >= 11 is 5.33. The first-order chi connectivity index (χ1) is 17.9. The molecule has 14 heteroatoms. The highest BCUT2D eigenvalue weighted by atomic mass is 32.1. The van der Waals surface area contributed by atoms with Gasteiger partial charge in [0, 0.05) is 37.5 Å². The van der Waals surface area contributed by atoms with Gasteiger partial charge in [-0.15, -0.1) is 13.2 Å². The summed E-state index contributed by atoms with van der Waals surface area (Å²) < 4.78 is 87.0. The molecule has 0 saturated carbocycles. The van der Waals surface area contributed by atoms with Crippen molar-refractivity contribution in [1.29, 1.82) is 0 Å². The van der Waals surface area contributed by atoms with Gasteiger partial charge in [-0.2, -0.15) is 13.2 Å². The maximum absolute atomic E-state index is 13.6. The van der Waals surface area contributed by atoms with E-state index in [9.17, 15) is 26.3 Å². The number of hydrogen-bond acceptors (Lipinski definition) is 6. The van der Waals surface area contributed by atoms with Crippen LogP contribution in [0.4, 0.5) is 37.8 Å². The fourth-order valence-electron chi connectivity index (χ4n) is 3.75. The lowest BCUT2D eigenvalue weighted by Crippen LogP contribution is -2.46. The normalized spacial score (nSPS) is 14.6. The Hall–Kier alpha value is -3.81. The van der Waals surface area contributed by atoms with Crippen molar-refractivity contribution in [2.45, 2.75) is 31.4 Å². The number of ether oxygens (including phenoxy) is 2.